The van der Waals surface area contributed by atoms with E-state index in [1.165, 1.54) is 23.5 Å². The van der Waals surface area contributed by atoms with Gasteiger partial charge in [-0.15, -0.1) is 11.3 Å². The van der Waals surface area contributed by atoms with Crippen LogP contribution >= 0.6 is 11.3 Å². The molecule has 2 aromatic rings. The van der Waals surface area contributed by atoms with Crippen LogP contribution in [0.3, 0.4) is 0 Å². The number of hydrogen-bond donors (Lipinski definition) is 0. The van der Waals surface area contributed by atoms with Gasteiger partial charge >= 0.3 is 0 Å². The summed E-state index contributed by atoms with van der Waals surface area (Å²) >= 11 is 1.46. The number of rotatable bonds is 3. The fourth-order valence-corrected chi connectivity index (χ4v) is 3.94. The molecule has 1 aliphatic rings. The topological polar surface area (TPSA) is 23.6 Å². The van der Waals surface area contributed by atoms with E-state index >= 15 is 0 Å². The molecule has 3 rings (SSSR count). The molecular formula is C18H21FN2OS. The molecule has 0 atom stereocenters. The lowest BCUT2D eigenvalue weighted by Crippen LogP contribution is -2.44. The highest BCUT2D eigenvalue weighted by Crippen LogP contribution is 2.30. The quantitative estimate of drug-likeness (QED) is 0.855. The highest BCUT2D eigenvalue weighted by molar-refractivity contribution is 7.12. The van der Waals surface area contributed by atoms with Crippen LogP contribution in [0, 0.1) is 5.82 Å². The molecule has 0 spiro atoms. The Morgan fingerprint density at radius 1 is 1.17 bits per heavy atom. The van der Waals surface area contributed by atoms with E-state index < -0.39 is 0 Å². The maximum Gasteiger partial charge on any atom is 0.264 e. The number of carbonyl (C=O) groups is 1. The van der Waals surface area contributed by atoms with Crippen LogP contribution in [0.4, 0.5) is 4.39 Å². The summed E-state index contributed by atoms with van der Waals surface area (Å²) in [6.45, 7) is 1.59. The number of amides is 1. The fourth-order valence-electron chi connectivity index (χ4n) is 3.06. The zero-order valence-corrected chi connectivity index (χ0v) is 14.3. The molecule has 1 aliphatic heterocycles. The van der Waals surface area contributed by atoms with Crippen LogP contribution in [0.5, 0.6) is 0 Å². The maximum atomic E-state index is 13.1. The van der Waals surface area contributed by atoms with Crippen LogP contribution in [-0.4, -0.2) is 48.9 Å². The average molecular weight is 332 g/mol. The first kappa shape index (κ1) is 16.1. The van der Waals surface area contributed by atoms with E-state index in [-0.39, 0.29) is 11.7 Å². The molecule has 1 saturated heterocycles. The standard InChI is InChI=1S/C18H21FN2OS/c1-20(2)15-7-10-21(11-8-15)18(22)17-16(9-12-23-17)13-3-5-14(19)6-4-13/h3-6,9,12,15H,7-8,10-11H2,1-2H3. The second-order valence-electron chi connectivity index (χ2n) is 6.16. The Morgan fingerprint density at radius 2 is 1.83 bits per heavy atom. The highest BCUT2D eigenvalue weighted by atomic mass is 32.1. The molecular weight excluding hydrogens is 311 g/mol. The van der Waals surface area contributed by atoms with Crippen molar-refractivity contribution in [1.29, 1.82) is 0 Å². The summed E-state index contributed by atoms with van der Waals surface area (Å²) in [4.78, 5) is 17.8. The van der Waals surface area contributed by atoms with Crippen LogP contribution < -0.4 is 0 Å². The third-order valence-electron chi connectivity index (χ3n) is 4.50. The minimum Gasteiger partial charge on any atom is -0.338 e. The van der Waals surface area contributed by atoms with E-state index in [2.05, 4.69) is 19.0 Å². The Labute approximate surface area is 140 Å². The molecule has 1 aromatic heterocycles. The summed E-state index contributed by atoms with van der Waals surface area (Å²) in [5, 5.41) is 1.93. The minimum absolute atomic E-state index is 0.0940. The minimum atomic E-state index is -0.261. The number of nitrogens with zero attached hydrogens (tertiary/aromatic N) is 2. The van der Waals surface area contributed by atoms with Gasteiger partial charge in [-0.3, -0.25) is 4.79 Å². The molecule has 1 aromatic carbocycles. The third kappa shape index (κ3) is 3.46. The van der Waals surface area contributed by atoms with Crippen molar-refractivity contribution in [2.75, 3.05) is 27.2 Å². The van der Waals surface area contributed by atoms with Gasteiger partial charge in [0.1, 0.15) is 5.82 Å². The smallest absolute Gasteiger partial charge is 0.264 e. The first-order chi connectivity index (χ1) is 11.1. The van der Waals surface area contributed by atoms with Crippen molar-refractivity contribution < 1.29 is 9.18 Å². The summed E-state index contributed by atoms with van der Waals surface area (Å²) < 4.78 is 13.1. The lowest BCUT2D eigenvalue weighted by molar-refractivity contribution is 0.0669. The first-order valence-electron chi connectivity index (χ1n) is 7.85. The largest absolute Gasteiger partial charge is 0.338 e. The van der Waals surface area contributed by atoms with Crippen LogP contribution in [0.15, 0.2) is 35.7 Å². The summed E-state index contributed by atoms with van der Waals surface area (Å²) in [6.07, 6.45) is 2.02. The summed E-state index contributed by atoms with van der Waals surface area (Å²) in [7, 11) is 4.18. The van der Waals surface area contributed by atoms with Gasteiger partial charge < -0.3 is 9.80 Å². The van der Waals surface area contributed by atoms with E-state index in [1.54, 1.807) is 12.1 Å². The Kier molecular flexibility index (Phi) is 4.78. The van der Waals surface area contributed by atoms with Crippen molar-refractivity contribution in [2.45, 2.75) is 18.9 Å². The van der Waals surface area contributed by atoms with Crippen LogP contribution in [0.1, 0.15) is 22.5 Å². The van der Waals surface area contributed by atoms with Crippen molar-refractivity contribution in [1.82, 2.24) is 9.80 Å². The summed E-state index contributed by atoms with van der Waals surface area (Å²) in [5.74, 6) is -0.167. The first-order valence-corrected chi connectivity index (χ1v) is 8.73. The van der Waals surface area contributed by atoms with Gasteiger partial charge in [0.2, 0.25) is 0 Å². The number of likely N-dealkylation sites (tertiary alicyclic amines) is 1. The predicted octanol–water partition coefficient (Wildman–Crippen LogP) is 3.72. The van der Waals surface area contributed by atoms with Gasteiger partial charge in [-0.25, -0.2) is 4.39 Å². The Morgan fingerprint density at radius 3 is 2.43 bits per heavy atom. The van der Waals surface area contributed by atoms with E-state index in [9.17, 15) is 9.18 Å². The van der Waals surface area contributed by atoms with E-state index in [4.69, 9.17) is 0 Å². The molecule has 23 heavy (non-hydrogen) atoms. The van der Waals surface area contributed by atoms with Gasteiger partial charge in [0, 0.05) is 24.7 Å². The molecule has 0 aliphatic carbocycles. The SMILES string of the molecule is CN(C)C1CCN(C(=O)c2sccc2-c2ccc(F)cc2)CC1. The normalized spacial score (nSPS) is 16.1. The van der Waals surface area contributed by atoms with Gasteiger partial charge in [-0.05, 0) is 56.1 Å². The molecule has 0 radical (unpaired) electrons. The Bertz CT molecular complexity index is 673. The molecule has 3 nitrogen and oxygen atoms in total. The van der Waals surface area contributed by atoms with Crippen LogP contribution in [0.2, 0.25) is 0 Å². The third-order valence-corrected chi connectivity index (χ3v) is 5.40. The van der Waals surface area contributed by atoms with Gasteiger partial charge in [0.05, 0.1) is 4.88 Å². The summed E-state index contributed by atoms with van der Waals surface area (Å²) in [5.41, 5.74) is 1.79. The molecule has 0 unspecified atom stereocenters. The fraction of sp³-hybridized carbons (Fsp3) is 0.389. The second kappa shape index (κ2) is 6.81. The van der Waals surface area contributed by atoms with E-state index in [1.807, 2.05) is 16.3 Å². The predicted molar refractivity (Wildman–Crippen MR) is 92.3 cm³/mol. The van der Waals surface area contributed by atoms with Crippen molar-refractivity contribution in [3.63, 3.8) is 0 Å². The van der Waals surface area contributed by atoms with Gasteiger partial charge in [-0.1, -0.05) is 12.1 Å². The zero-order chi connectivity index (χ0) is 16.4. The Balaban J connectivity index is 1.77. The number of thiophene rings is 1. The zero-order valence-electron chi connectivity index (χ0n) is 13.5. The van der Waals surface area contributed by atoms with Crippen molar-refractivity contribution >= 4 is 17.2 Å². The number of benzene rings is 1. The van der Waals surface area contributed by atoms with Gasteiger partial charge in [0.15, 0.2) is 0 Å². The molecule has 122 valence electrons. The second-order valence-corrected chi connectivity index (χ2v) is 7.07. The van der Waals surface area contributed by atoms with Crippen molar-refractivity contribution in [3.05, 3.63) is 46.4 Å². The Hall–Kier alpha value is -1.72. The molecule has 0 N–H and O–H groups in total. The van der Waals surface area contributed by atoms with E-state index in [0.29, 0.717) is 6.04 Å². The number of piperidine rings is 1. The number of halogens is 1. The molecule has 0 bridgehead atoms. The van der Waals surface area contributed by atoms with Crippen molar-refractivity contribution in [2.24, 2.45) is 0 Å². The van der Waals surface area contributed by atoms with Gasteiger partial charge in [-0.2, -0.15) is 0 Å². The molecule has 1 amide bonds. The molecule has 5 heteroatoms. The molecule has 2 heterocycles. The number of hydrogen-bond acceptors (Lipinski definition) is 3. The maximum absolute atomic E-state index is 13.1. The van der Waals surface area contributed by atoms with Crippen LogP contribution in [0.25, 0.3) is 11.1 Å². The lowest BCUT2D eigenvalue weighted by Gasteiger charge is -2.35. The van der Waals surface area contributed by atoms with E-state index in [0.717, 1.165) is 41.9 Å². The molecule has 0 saturated carbocycles. The number of carbonyl (C=O) groups excluding carboxylic acids is 1. The lowest BCUT2D eigenvalue weighted by atomic mass is 10.0. The van der Waals surface area contributed by atoms with Crippen LogP contribution in [-0.2, 0) is 0 Å². The monoisotopic (exact) mass is 332 g/mol. The van der Waals surface area contributed by atoms with Gasteiger partial charge in [0.25, 0.3) is 5.91 Å². The van der Waals surface area contributed by atoms with Crippen molar-refractivity contribution in [3.8, 4) is 11.1 Å². The average Bonchev–Trinajstić information content (AvgIpc) is 3.04. The summed E-state index contributed by atoms with van der Waals surface area (Å²) in [6, 6.07) is 8.82. The highest BCUT2D eigenvalue weighted by Gasteiger charge is 2.26. The molecule has 1 fully saturated rings.